The Morgan fingerprint density at radius 2 is 1.79 bits per heavy atom. The molecule has 2 fully saturated rings. The summed E-state index contributed by atoms with van der Waals surface area (Å²) in [5, 5.41) is 3.24. The smallest absolute Gasteiger partial charge is 0.251 e. The van der Waals surface area contributed by atoms with Gasteiger partial charge in [-0.3, -0.25) is 9.69 Å². The number of amides is 1. The maximum absolute atomic E-state index is 12.2. The highest BCUT2D eigenvalue weighted by atomic mass is 16.1. The van der Waals surface area contributed by atoms with Crippen molar-refractivity contribution in [1.82, 2.24) is 10.2 Å². The van der Waals surface area contributed by atoms with Crippen molar-refractivity contribution in [2.24, 2.45) is 0 Å². The summed E-state index contributed by atoms with van der Waals surface area (Å²) in [7, 11) is 0. The highest BCUT2D eigenvalue weighted by molar-refractivity contribution is 5.94. The van der Waals surface area contributed by atoms with Crippen molar-refractivity contribution in [3.05, 3.63) is 35.9 Å². The van der Waals surface area contributed by atoms with Crippen molar-refractivity contribution in [3.63, 3.8) is 0 Å². The predicted molar refractivity (Wildman–Crippen MR) is 76.1 cm³/mol. The van der Waals surface area contributed by atoms with E-state index >= 15 is 0 Å². The summed E-state index contributed by atoms with van der Waals surface area (Å²) in [4.78, 5) is 14.8. The number of rotatable bonds is 3. The monoisotopic (exact) mass is 258 g/mol. The molecule has 1 saturated carbocycles. The van der Waals surface area contributed by atoms with Gasteiger partial charge in [-0.2, -0.15) is 0 Å². The normalized spacial score (nSPS) is 27.6. The number of nitrogens with zero attached hydrogens (tertiary/aromatic N) is 1. The molecule has 1 aromatic carbocycles. The number of carbonyl (C=O) groups is 1. The second-order valence-electron chi connectivity index (χ2n) is 5.69. The van der Waals surface area contributed by atoms with Gasteiger partial charge in [-0.1, -0.05) is 18.2 Å². The number of likely N-dealkylation sites (tertiary alicyclic amines) is 1. The number of hydrogen-bond acceptors (Lipinski definition) is 2. The molecular formula is C16H22N2O. The fourth-order valence-electron chi connectivity index (χ4n) is 3.46. The van der Waals surface area contributed by atoms with Crippen molar-refractivity contribution in [2.75, 3.05) is 13.1 Å². The van der Waals surface area contributed by atoms with Crippen LogP contribution in [0.15, 0.2) is 30.3 Å². The van der Waals surface area contributed by atoms with Crippen LogP contribution in [0.2, 0.25) is 0 Å². The highest BCUT2D eigenvalue weighted by Gasteiger charge is 2.34. The molecule has 3 rings (SSSR count). The molecule has 19 heavy (non-hydrogen) atoms. The summed E-state index contributed by atoms with van der Waals surface area (Å²) in [6.45, 7) is 2.42. The average Bonchev–Trinajstić information content (AvgIpc) is 3.10. The van der Waals surface area contributed by atoms with Crippen LogP contribution in [0.3, 0.4) is 0 Å². The molecule has 1 saturated heterocycles. The van der Waals surface area contributed by atoms with Gasteiger partial charge in [-0.25, -0.2) is 0 Å². The molecule has 0 spiro atoms. The average molecular weight is 258 g/mol. The van der Waals surface area contributed by atoms with Crippen LogP contribution < -0.4 is 5.32 Å². The minimum absolute atomic E-state index is 0.0803. The summed E-state index contributed by atoms with van der Waals surface area (Å²) in [5.41, 5.74) is 0.773. The lowest BCUT2D eigenvalue weighted by Crippen LogP contribution is -2.47. The maximum Gasteiger partial charge on any atom is 0.251 e. The van der Waals surface area contributed by atoms with Crippen LogP contribution in [-0.4, -0.2) is 36.0 Å². The molecule has 2 atom stereocenters. The van der Waals surface area contributed by atoms with E-state index < -0.39 is 0 Å². The Hall–Kier alpha value is -1.35. The van der Waals surface area contributed by atoms with Crippen molar-refractivity contribution >= 4 is 5.91 Å². The molecule has 0 bridgehead atoms. The first-order chi connectivity index (χ1) is 9.34. The predicted octanol–water partition coefficient (Wildman–Crippen LogP) is 2.43. The number of carbonyl (C=O) groups excluding carboxylic acids is 1. The Balaban J connectivity index is 1.63. The Kier molecular flexibility index (Phi) is 3.83. The lowest BCUT2D eigenvalue weighted by Gasteiger charge is -2.29. The van der Waals surface area contributed by atoms with E-state index in [0.717, 1.165) is 12.0 Å². The Morgan fingerprint density at radius 3 is 2.53 bits per heavy atom. The number of nitrogens with one attached hydrogen (secondary N) is 1. The zero-order valence-corrected chi connectivity index (χ0v) is 11.3. The first-order valence-corrected chi connectivity index (χ1v) is 7.44. The molecule has 1 amide bonds. The molecule has 2 aliphatic rings. The van der Waals surface area contributed by atoms with Crippen molar-refractivity contribution in [1.29, 1.82) is 0 Å². The van der Waals surface area contributed by atoms with Gasteiger partial charge in [0.25, 0.3) is 5.91 Å². The molecule has 0 radical (unpaired) electrons. The van der Waals surface area contributed by atoms with Crippen LogP contribution in [0, 0.1) is 0 Å². The van der Waals surface area contributed by atoms with Gasteiger partial charge in [-0.15, -0.1) is 0 Å². The second kappa shape index (κ2) is 5.74. The zero-order chi connectivity index (χ0) is 13.1. The molecule has 102 valence electrons. The highest BCUT2D eigenvalue weighted by Crippen LogP contribution is 2.27. The maximum atomic E-state index is 12.2. The molecule has 3 heteroatoms. The van der Waals surface area contributed by atoms with Crippen LogP contribution in [0.5, 0.6) is 0 Å². The fraction of sp³-hybridized carbons (Fsp3) is 0.562. The van der Waals surface area contributed by atoms with E-state index in [0.29, 0.717) is 12.1 Å². The van der Waals surface area contributed by atoms with Gasteiger partial charge in [0.05, 0.1) is 0 Å². The molecule has 0 aromatic heterocycles. The Labute approximate surface area is 115 Å². The summed E-state index contributed by atoms with van der Waals surface area (Å²) in [5.74, 6) is 0.0803. The van der Waals surface area contributed by atoms with Crippen LogP contribution in [0.1, 0.15) is 42.5 Å². The summed E-state index contributed by atoms with van der Waals surface area (Å²) >= 11 is 0. The second-order valence-corrected chi connectivity index (χ2v) is 5.69. The van der Waals surface area contributed by atoms with Gasteiger partial charge in [0.15, 0.2) is 0 Å². The van der Waals surface area contributed by atoms with Crippen LogP contribution in [0.4, 0.5) is 0 Å². The van der Waals surface area contributed by atoms with E-state index in [-0.39, 0.29) is 5.91 Å². The minimum Gasteiger partial charge on any atom is -0.348 e. The van der Waals surface area contributed by atoms with E-state index in [1.807, 2.05) is 30.3 Å². The van der Waals surface area contributed by atoms with E-state index in [1.165, 1.54) is 38.8 Å². The van der Waals surface area contributed by atoms with Crippen molar-refractivity contribution in [2.45, 2.75) is 44.2 Å². The number of hydrogen-bond donors (Lipinski definition) is 1. The van der Waals surface area contributed by atoms with Crippen molar-refractivity contribution in [3.8, 4) is 0 Å². The van der Waals surface area contributed by atoms with Gasteiger partial charge in [0.2, 0.25) is 0 Å². The van der Waals surface area contributed by atoms with Gasteiger partial charge in [-0.05, 0) is 57.3 Å². The molecule has 1 aliphatic heterocycles. The van der Waals surface area contributed by atoms with E-state index in [9.17, 15) is 4.79 Å². The lowest BCUT2D eigenvalue weighted by atomic mass is 10.1. The number of benzene rings is 1. The molecule has 0 unspecified atom stereocenters. The van der Waals surface area contributed by atoms with Crippen LogP contribution in [0.25, 0.3) is 0 Å². The topological polar surface area (TPSA) is 32.3 Å². The quantitative estimate of drug-likeness (QED) is 0.903. The van der Waals surface area contributed by atoms with E-state index in [4.69, 9.17) is 0 Å². The van der Waals surface area contributed by atoms with Crippen LogP contribution in [-0.2, 0) is 0 Å². The molecular weight excluding hydrogens is 236 g/mol. The largest absolute Gasteiger partial charge is 0.348 e. The first kappa shape index (κ1) is 12.7. The van der Waals surface area contributed by atoms with Gasteiger partial charge >= 0.3 is 0 Å². The summed E-state index contributed by atoms with van der Waals surface area (Å²) in [6, 6.07) is 10.5. The van der Waals surface area contributed by atoms with Gasteiger partial charge in [0.1, 0.15) is 0 Å². The Bertz CT molecular complexity index is 426. The molecule has 3 nitrogen and oxygen atoms in total. The summed E-state index contributed by atoms with van der Waals surface area (Å²) < 4.78 is 0. The molecule has 1 aliphatic carbocycles. The van der Waals surface area contributed by atoms with Gasteiger partial charge in [0, 0.05) is 17.6 Å². The molecule has 1 N–H and O–H groups in total. The van der Waals surface area contributed by atoms with Crippen LogP contribution >= 0.6 is 0 Å². The standard InChI is InChI=1S/C16H22N2O/c19-16(13-7-2-1-3-8-13)17-14-9-6-10-15(14)18-11-4-5-12-18/h1-3,7-8,14-15H,4-6,9-12H2,(H,17,19)/t14-,15+/m0/s1. The third-order valence-corrected chi connectivity index (χ3v) is 4.44. The SMILES string of the molecule is O=C(N[C@H]1CCC[C@H]1N1CCCC1)c1ccccc1. The Morgan fingerprint density at radius 1 is 1.05 bits per heavy atom. The van der Waals surface area contributed by atoms with E-state index in [2.05, 4.69) is 10.2 Å². The zero-order valence-electron chi connectivity index (χ0n) is 11.3. The summed E-state index contributed by atoms with van der Waals surface area (Å²) in [6.07, 6.45) is 6.23. The third-order valence-electron chi connectivity index (χ3n) is 4.44. The lowest BCUT2D eigenvalue weighted by molar-refractivity contribution is 0.0912. The van der Waals surface area contributed by atoms with Crippen molar-refractivity contribution < 1.29 is 4.79 Å². The minimum atomic E-state index is 0.0803. The van der Waals surface area contributed by atoms with Gasteiger partial charge < -0.3 is 5.32 Å². The molecule has 1 aromatic rings. The third kappa shape index (κ3) is 2.81. The van der Waals surface area contributed by atoms with E-state index in [1.54, 1.807) is 0 Å². The fourth-order valence-corrected chi connectivity index (χ4v) is 3.46. The molecule has 1 heterocycles. The first-order valence-electron chi connectivity index (χ1n) is 7.44.